The molecule has 8 nitrogen and oxygen atoms in total. The van der Waals surface area contributed by atoms with Gasteiger partial charge in [-0.3, -0.25) is 14.3 Å². The summed E-state index contributed by atoms with van der Waals surface area (Å²) in [6.45, 7) is -3.33. The van der Waals surface area contributed by atoms with Crippen LogP contribution in [0.1, 0.15) is 28.3 Å². The SMILES string of the molecule is O=C(OCc1nc2ccccc2n1C(F)F)c1cccc(CN2C(=O)CNC2=O)c1. The number of nitrogens with one attached hydrogen (secondary N) is 1. The van der Waals surface area contributed by atoms with Gasteiger partial charge in [0, 0.05) is 0 Å². The first-order valence-corrected chi connectivity index (χ1v) is 9.02. The number of esters is 1. The Kier molecular flexibility index (Phi) is 5.13. The number of imidazole rings is 1. The van der Waals surface area contributed by atoms with Crippen molar-refractivity contribution in [2.45, 2.75) is 19.7 Å². The molecular formula is C20H16F2N4O4. The molecule has 0 saturated carbocycles. The first-order chi connectivity index (χ1) is 14.4. The van der Waals surface area contributed by atoms with E-state index in [1.807, 2.05) is 0 Å². The van der Waals surface area contributed by atoms with E-state index in [1.165, 1.54) is 18.2 Å². The van der Waals surface area contributed by atoms with Crippen LogP contribution >= 0.6 is 0 Å². The number of hydrogen-bond donors (Lipinski definition) is 1. The normalized spacial score (nSPS) is 13.9. The van der Waals surface area contributed by atoms with Crippen LogP contribution < -0.4 is 5.32 Å². The standard InChI is InChI=1S/C20H16F2N4O4/c21-19(22)26-15-7-2-1-6-14(15)24-16(26)11-30-18(28)13-5-3-4-12(8-13)10-25-17(27)9-23-20(25)29/h1-8,19H,9-11H2,(H,23,29). The predicted molar refractivity (Wildman–Crippen MR) is 100 cm³/mol. The van der Waals surface area contributed by atoms with E-state index >= 15 is 0 Å². The van der Waals surface area contributed by atoms with Crippen LogP contribution in [0.4, 0.5) is 13.6 Å². The molecule has 0 bridgehead atoms. The van der Waals surface area contributed by atoms with Crippen LogP contribution in [0, 0.1) is 0 Å². The van der Waals surface area contributed by atoms with E-state index in [-0.39, 0.29) is 35.9 Å². The summed E-state index contributed by atoms with van der Waals surface area (Å²) in [5.74, 6) is -1.17. The monoisotopic (exact) mass is 414 g/mol. The number of fused-ring (bicyclic) bond motifs is 1. The molecule has 10 heteroatoms. The van der Waals surface area contributed by atoms with Gasteiger partial charge in [0.05, 0.1) is 29.7 Å². The minimum Gasteiger partial charge on any atom is -0.454 e. The zero-order valence-corrected chi connectivity index (χ0v) is 15.5. The number of carbonyl (C=O) groups excluding carboxylic acids is 3. The predicted octanol–water partition coefficient (Wildman–Crippen LogP) is 2.84. The third-order valence-electron chi connectivity index (χ3n) is 4.64. The van der Waals surface area contributed by atoms with Crippen molar-refractivity contribution in [2.75, 3.05) is 6.54 Å². The average molecular weight is 414 g/mol. The Morgan fingerprint density at radius 1 is 1.17 bits per heavy atom. The molecular weight excluding hydrogens is 398 g/mol. The topological polar surface area (TPSA) is 93.5 Å². The van der Waals surface area contributed by atoms with Gasteiger partial charge in [0.2, 0.25) is 5.91 Å². The van der Waals surface area contributed by atoms with Crippen molar-refractivity contribution >= 4 is 28.9 Å². The molecule has 1 aliphatic heterocycles. The molecule has 0 radical (unpaired) electrons. The van der Waals surface area contributed by atoms with E-state index < -0.39 is 25.2 Å². The number of carbonyl (C=O) groups is 3. The molecule has 1 aliphatic rings. The van der Waals surface area contributed by atoms with Crippen molar-refractivity contribution in [3.8, 4) is 0 Å². The summed E-state index contributed by atoms with van der Waals surface area (Å²) >= 11 is 0. The number of amides is 3. The summed E-state index contributed by atoms with van der Waals surface area (Å²) in [5, 5.41) is 2.42. The molecule has 4 rings (SSSR count). The quantitative estimate of drug-likeness (QED) is 0.495. The smallest absolute Gasteiger partial charge is 0.338 e. The summed E-state index contributed by atoms with van der Waals surface area (Å²) in [4.78, 5) is 41.0. The van der Waals surface area contributed by atoms with Gasteiger partial charge in [0.1, 0.15) is 6.61 Å². The third-order valence-corrected chi connectivity index (χ3v) is 4.64. The van der Waals surface area contributed by atoms with Crippen LogP contribution in [-0.2, 0) is 22.7 Å². The van der Waals surface area contributed by atoms with Crippen LogP contribution in [-0.4, -0.2) is 38.9 Å². The van der Waals surface area contributed by atoms with Gasteiger partial charge in [-0.05, 0) is 29.8 Å². The van der Waals surface area contributed by atoms with Crippen molar-refractivity contribution in [3.63, 3.8) is 0 Å². The maximum Gasteiger partial charge on any atom is 0.338 e. The number of benzene rings is 2. The van der Waals surface area contributed by atoms with Gasteiger partial charge in [-0.2, -0.15) is 8.78 Å². The number of hydrogen-bond acceptors (Lipinski definition) is 5. The van der Waals surface area contributed by atoms with Crippen molar-refractivity contribution in [3.05, 3.63) is 65.5 Å². The minimum atomic E-state index is -2.83. The Hall–Kier alpha value is -3.82. The summed E-state index contributed by atoms with van der Waals surface area (Å²) < 4.78 is 32.8. The lowest BCUT2D eigenvalue weighted by Crippen LogP contribution is -2.30. The zero-order chi connectivity index (χ0) is 21.3. The first-order valence-electron chi connectivity index (χ1n) is 9.02. The summed E-state index contributed by atoms with van der Waals surface area (Å²) in [7, 11) is 0. The van der Waals surface area contributed by atoms with Gasteiger partial charge in [-0.1, -0.05) is 24.3 Å². The van der Waals surface area contributed by atoms with Crippen LogP contribution in [0.3, 0.4) is 0 Å². The van der Waals surface area contributed by atoms with E-state index in [1.54, 1.807) is 30.3 Å². The second-order valence-electron chi connectivity index (χ2n) is 6.58. The molecule has 1 aromatic heterocycles. The molecule has 0 unspecified atom stereocenters. The van der Waals surface area contributed by atoms with E-state index in [0.717, 1.165) is 9.47 Å². The lowest BCUT2D eigenvalue weighted by atomic mass is 10.1. The molecule has 2 aromatic carbocycles. The summed E-state index contributed by atoms with van der Waals surface area (Å²) in [5.41, 5.74) is 1.34. The average Bonchev–Trinajstić information content (AvgIpc) is 3.27. The van der Waals surface area contributed by atoms with Gasteiger partial charge >= 0.3 is 18.5 Å². The van der Waals surface area contributed by atoms with Crippen LogP contribution in [0.15, 0.2) is 48.5 Å². The lowest BCUT2D eigenvalue weighted by Gasteiger charge is -2.13. The molecule has 3 amide bonds. The zero-order valence-electron chi connectivity index (χ0n) is 15.5. The van der Waals surface area contributed by atoms with Crippen molar-refractivity contribution in [1.29, 1.82) is 0 Å². The highest BCUT2D eigenvalue weighted by molar-refractivity contribution is 6.01. The minimum absolute atomic E-state index is 0.00691. The van der Waals surface area contributed by atoms with Gasteiger partial charge in [-0.15, -0.1) is 0 Å². The van der Waals surface area contributed by atoms with E-state index in [0.29, 0.717) is 11.1 Å². The van der Waals surface area contributed by atoms with Crippen molar-refractivity contribution < 1.29 is 27.9 Å². The fourth-order valence-corrected chi connectivity index (χ4v) is 3.22. The molecule has 3 aromatic rings. The van der Waals surface area contributed by atoms with Crippen molar-refractivity contribution in [1.82, 2.24) is 19.8 Å². The highest BCUT2D eigenvalue weighted by atomic mass is 19.3. The number of urea groups is 1. The molecule has 0 atom stereocenters. The largest absolute Gasteiger partial charge is 0.454 e. The fraction of sp³-hybridized carbons (Fsp3) is 0.200. The fourth-order valence-electron chi connectivity index (χ4n) is 3.22. The number of halogens is 2. The molecule has 154 valence electrons. The summed E-state index contributed by atoms with van der Waals surface area (Å²) in [6.07, 6.45) is 0. The lowest BCUT2D eigenvalue weighted by molar-refractivity contribution is -0.125. The van der Waals surface area contributed by atoms with Crippen LogP contribution in [0.2, 0.25) is 0 Å². The van der Waals surface area contributed by atoms with Gasteiger partial charge < -0.3 is 10.1 Å². The molecule has 1 saturated heterocycles. The Bertz CT molecular complexity index is 1130. The molecule has 30 heavy (non-hydrogen) atoms. The first kappa shape index (κ1) is 19.5. The molecule has 1 fully saturated rings. The highest BCUT2D eigenvalue weighted by Crippen LogP contribution is 2.23. The molecule has 0 aliphatic carbocycles. The number of nitrogens with zero attached hydrogens (tertiary/aromatic N) is 3. The van der Waals surface area contributed by atoms with Gasteiger partial charge in [0.25, 0.3) is 0 Å². The van der Waals surface area contributed by atoms with Crippen LogP contribution in [0.25, 0.3) is 11.0 Å². The second kappa shape index (κ2) is 7.90. The van der Waals surface area contributed by atoms with Gasteiger partial charge in [-0.25, -0.2) is 14.6 Å². The second-order valence-corrected chi connectivity index (χ2v) is 6.58. The molecule has 0 spiro atoms. The number of ether oxygens (including phenoxy) is 1. The highest BCUT2D eigenvalue weighted by Gasteiger charge is 2.28. The number of aromatic nitrogens is 2. The Morgan fingerprint density at radius 3 is 2.70 bits per heavy atom. The van der Waals surface area contributed by atoms with Crippen LogP contribution in [0.5, 0.6) is 0 Å². The van der Waals surface area contributed by atoms with E-state index in [9.17, 15) is 23.2 Å². The van der Waals surface area contributed by atoms with E-state index in [4.69, 9.17) is 4.74 Å². The number of alkyl halides is 2. The Labute approximate surface area is 169 Å². The molecule has 2 heterocycles. The maximum absolute atomic E-state index is 13.5. The van der Waals surface area contributed by atoms with Crippen molar-refractivity contribution in [2.24, 2.45) is 0 Å². The number of para-hydroxylation sites is 2. The Balaban J connectivity index is 1.49. The van der Waals surface area contributed by atoms with E-state index in [2.05, 4.69) is 10.3 Å². The Morgan fingerprint density at radius 2 is 1.97 bits per heavy atom. The third kappa shape index (κ3) is 3.71. The maximum atomic E-state index is 13.5. The number of imide groups is 1. The molecule has 1 N–H and O–H groups in total. The van der Waals surface area contributed by atoms with Gasteiger partial charge in [0.15, 0.2) is 5.82 Å². The summed E-state index contributed by atoms with van der Waals surface area (Å²) in [6, 6.07) is 12.1. The number of rotatable bonds is 6.